The Kier molecular flexibility index (Phi) is 6.08. The van der Waals surface area contributed by atoms with Gasteiger partial charge in [0.05, 0.1) is 24.3 Å². The molecule has 2 aromatic carbocycles. The number of hydrogen-bond acceptors (Lipinski definition) is 4. The number of ketones is 1. The van der Waals surface area contributed by atoms with Gasteiger partial charge in [-0.1, -0.05) is 35.5 Å². The summed E-state index contributed by atoms with van der Waals surface area (Å²) in [6.45, 7) is 0.271. The summed E-state index contributed by atoms with van der Waals surface area (Å²) >= 11 is 7.14. The summed E-state index contributed by atoms with van der Waals surface area (Å²) in [5.41, 5.74) is 2.10. The molecule has 0 bridgehead atoms. The molecule has 1 heterocycles. The molecule has 0 aliphatic heterocycles. The van der Waals surface area contributed by atoms with E-state index in [2.05, 4.69) is 4.98 Å². The number of aliphatic hydroxyl groups excluding tert-OH is 1. The van der Waals surface area contributed by atoms with E-state index in [9.17, 15) is 14.3 Å². The van der Waals surface area contributed by atoms with Crippen LogP contribution in [0.1, 0.15) is 21.6 Å². The number of aliphatic hydroxyl groups is 1. The number of halogens is 2. The summed E-state index contributed by atoms with van der Waals surface area (Å²) in [5, 5.41) is 10.7. The monoisotopic (exact) mass is 390 g/mol. The maximum absolute atomic E-state index is 13.1. The van der Waals surface area contributed by atoms with E-state index in [0.29, 0.717) is 28.0 Å². The van der Waals surface area contributed by atoms with Gasteiger partial charge in [-0.3, -0.25) is 4.79 Å². The number of carbonyl (C=O) groups is 1. The van der Waals surface area contributed by atoms with Crippen molar-refractivity contribution < 1.29 is 14.3 Å². The number of aromatic nitrogens is 2. The molecule has 1 N–H and O–H groups in total. The predicted molar refractivity (Wildman–Crippen MR) is 100 cm³/mol. The van der Waals surface area contributed by atoms with Crippen molar-refractivity contribution in [1.29, 1.82) is 0 Å². The number of Topliss-reactive ketones (excluding diaryl/α,β-unsaturated/α-hetero) is 1. The topological polar surface area (TPSA) is 55.1 Å². The zero-order chi connectivity index (χ0) is 18.5. The molecule has 0 aliphatic carbocycles. The molecule has 0 saturated heterocycles. The fraction of sp³-hybridized carbons (Fsp3) is 0.158. The number of nitrogens with zero attached hydrogens (tertiary/aromatic N) is 2. The lowest BCUT2D eigenvalue weighted by molar-refractivity contribution is 0.102. The number of thioether (sulfide) groups is 1. The van der Waals surface area contributed by atoms with Gasteiger partial charge in [0.25, 0.3) is 0 Å². The summed E-state index contributed by atoms with van der Waals surface area (Å²) in [4.78, 5) is 16.6. The molecule has 3 aromatic rings. The standard InChI is InChI=1S/C19H16ClFN2O2S/c20-15-5-3-14(4-6-15)18(25)12-26-19-22-9-17(11-24)23(19)10-13-1-7-16(21)8-2-13/h1-9,24H,10-12H2. The van der Waals surface area contributed by atoms with E-state index in [-0.39, 0.29) is 24.0 Å². The van der Waals surface area contributed by atoms with Crippen molar-refractivity contribution in [3.05, 3.63) is 82.4 Å². The lowest BCUT2D eigenvalue weighted by atomic mass is 10.1. The Hall–Kier alpha value is -2.15. The molecule has 7 heteroatoms. The molecule has 0 atom stereocenters. The van der Waals surface area contributed by atoms with Crippen molar-refractivity contribution in [2.45, 2.75) is 18.3 Å². The highest BCUT2D eigenvalue weighted by Crippen LogP contribution is 2.22. The summed E-state index contributed by atoms with van der Waals surface area (Å²) in [5.74, 6) is -0.120. The average Bonchev–Trinajstić information content (AvgIpc) is 3.04. The Morgan fingerprint density at radius 3 is 2.50 bits per heavy atom. The van der Waals surface area contributed by atoms with Crippen LogP contribution in [0.5, 0.6) is 0 Å². The maximum Gasteiger partial charge on any atom is 0.173 e. The number of rotatable bonds is 7. The fourth-order valence-electron chi connectivity index (χ4n) is 2.42. The highest BCUT2D eigenvalue weighted by atomic mass is 35.5. The van der Waals surface area contributed by atoms with E-state index in [4.69, 9.17) is 11.6 Å². The molecular weight excluding hydrogens is 375 g/mol. The molecule has 0 spiro atoms. The second-order valence-electron chi connectivity index (χ2n) is 5.62. The molecule has 0 saturated carbocycles. The van der Waals surface area contributed by atoms with Gasteiger partial charge in [0, 0.05) is 17.1 Å². The minimum atomic E-state index is -0.301. The molecule has 134 valence electrons. The number of benzene rings is 2. The summed E-state index contributed by atoms with van der Waals surface area (Å²) in [6.07, 6.45) is 1.58. The van der Waals surface area contributed by atoms with Gasteiger partial charge in [0.2, 0.25) is 0 Å². The van der Waals surface area contributed by atoms with E-state index in [0.717, 1.165) is 5.56 Å². The van der Waals surface area contributed by atoms with Crippen LogP contribution in [0, 0.1) is 5.82 Å². The summed E-state index contributed by atoms with van der Waals surface area (Å²) in [6, 6.07) is 12.9. The van der Waals surface area contributed by atoms with Crippen LogP contribution < -0.4 is 0 Å². The molecule has 0 amide bonds. The Balaban J connectivity index is 1.73. The third kappa shape index (κ3) is 4.52. The molecule has 0 fully saturated rings. The van der Waals surface area contributed by atoms with Crippen LogP contribution in [0.25, 0.3) is 0 Å². The van der Waals surface area contributed by atoms with E-state index in [1.807, 2.05) is 4.57 Å². The van der Waals surface area contributed by atoms with E-state index in [1.165, 1.54) is 23.9 Å². The second-order valence-corrected chi connectivity index (χ2v) is 7.00. The Bertz CT molecular complexity index is 895. The summed E-state index contributed by atoms with van der Waals surface area (Å²) in [7, 11) is 0. The van der Waals surface area contributed by atoms with E-state index >= 15 is 0 Å². The molecule has 0 radical (unpaired) electrons. The smallest absolute Gasteiger partial charge is 0.173 e. The first-order valence-electron chi connectivity index (χ1n) is 7.88. The normalized spacial score (nSPS) is 10.9. The zero-order valence-corrected chi connectivity index (χ0v) is 15.3. The largest absolute Gasteiger partial charge is 0.390 e. The maximum atomic E-state index is 13.1. The van der Waals surface area contributed by atoms with Crippen molar-refractivity contribution in [2.75, 3.05) is 5.75 Å². The van der Waals surface area contributed by atoms with Crippen molar-refractivity contribution in [3.63, 3.8) is 0 Å². The summed E-state index contributed by atoms with van der Waals surface area (Å²) < 4.78 is 14.9. The van der Waals surface area contributed by atoms with Crippen LogP contribution in [0.15, 0.2) is 59.9 Å². The highest BCUT2D eigenvalue weighted by molar-refractivity contribution is 7.99. The Labute approximate surface area is 159 Å². The number of carbonyl (C=O) groups excluding carboxylic acids is 1. The predicted octanol–water partition coefficient (Wildman–Crippen LogP) is 4.19. The average molecular weight is 391 g/mol. The lowest BCUT2D eigenvalue weighted by Crippen LogP contribution is -2.08. The number of hydrogen-bond donors (Lipinski definition) is 1. The van der Waals surface area contributed by atoms with Gasteiger partial charge in [-0.15, -0.1) is 0 Å². The third-order valence-electron chi connectivity index (χ3n) is 3.82. The Morgan fingerprint density at radius 1 is 1.15 bits per heavy atom. The van der Waals surface area contributed by atoms with Crippen molar-refractivity contribution >= 4 is 29.1 Å². The van der Waals surface area contributed by atoms with Crippen molar-refractivity contribution in [3.8, 4) is 0 Å². The molecule has 3 rings (SSSR count). The molecule has 1 aromatic heterocycles. The second kappa shape index (κ2) is 8.49. The van der Waals surface area contributed by atoms with Crippen LogP contribution in [0.3, 0.4) is 0 Å². The number of imidazole rings is 1. The van der Waals surface area contributed by atoms with Gasteiger partial charge in [0.1, 0.15) is 5.82 Å². The molecule has 0 aliphatic rings. The fourth-order valence-corrected chi connectivity index (χ4v) is 3.44. The van der Waals surface area contributed by atoms with Crippen LogP contribution in [-0.4, -0.2) is 26.2 Å². The van der Waals surface area contributed by atoms with Gasteiger partial charge >= 0.3 is 0 Å². The van der Waals surface area contributed by atoms with Crippen LogP contribution in [0.4, 0.5) is 4.39 Å². The lowest BCUT2D eigenvalue weighted by Gasteiger charge is -2.11. The van der Waals surface area contributed by atoms with Crippen molar-refractivity contribution in [1.82, 2.24) is 9.55 Å². The van der Waals surface area contributed by atoms with Gasteiger partial charge in [0.15, 0.2) is 10.9 Å². The third-order valence-corrected chi connectivity index (χ3v) is 5.06. The van der Waals surface area contributed by atoms with Gasteiger partial charge in [-0.05, 0) is 42.0 Å². The van der Waals surface area contributed by atoms with Crippen LogP contribution >= 0.6 is 23.4 Å². The van der Waals surface area contributed by atoms with Gasteiger partial charge in [-0.25, -0.2) is 9.37 Å². The first-order valence-corrected chi connectivity index (χ1v) is 9.24. The Morgan fingerprint density at radius 2 is 1.85 bits per heavy atom. The zero-order valence-electron chi connectivity index (χ0n) is 13.7. The van der Waals surface area contributed by atoms with Gasteiger partial charge < -0.3 is 9.67 Å². The van der Waals surface area contributed by atoms with E-state index < -0.39 is 0 Å². The van der Waals surface area contributed by atoms with Gasteiger partial charge in [-0.2, -0.15) is 0 Å². The van der Waals surface area contributed by atoms with E-state index in [1.54, 1.807) is 42.6 Å². The van der Waals surface area contributed by atoms with Crippen molar-refractivity contribution in [2.24, 2.45) is 0 Å². The first kappa shape index (κ1) is 18.6. The minimum absolute atomic E-state index is 0.0338. The van der Waals surface area contributed by atoms with Crippen LogP contribution in [-0.2, 0) is 13.2 Å². The quantitative estimate of drug-likeness (QED) is 0.485. The SMILES string of the molecule is O=C(CSc1ncc(CO)n1Cc1ccc(F)cc1)c1ccc(Cl)cc1. The van der Waals surface area contributed by atoms with Crippen LogP contribution in [0.2, 0.25) is 5.02 Å². The molecular formula is C19H16ClFN2O2S. The molecule has 4 nitrogen and oxygen atoms in total. The molecule has 26 heavy (non-hydrogen) atoms. The molecule has 0 unspecified atom stereocenters. The minimum Gasteiger partial charge on any atom is -0.390 e. The first-order chi connectivity index (χ1) is 12.6. The highest BCUT2D eigenvalue weighted by Gasteiger charge is 2.13.